The highest BCUT2D eigenvalue weighted by molar-refractivity contribution is 7.92. The first-order chi connectivity index (χ1) is 14.3. The van der Waals surface area contributed by atoms with Crippen LogP contribution in [0.1, 0.15) is 15.9 Å². The van der Waals surface area contributed by atoms with E-state index in [1.807, 2.05) is 12.1 Å². The van der Waals surface area contributed by atoms with E-state index >= 15 is 0 Å². The lowest BCUT2D eigenvalue weighted by molar-refractivity contribution is 0.0993. The number of fused-ring (bicyclic) bond motifs is 2. The molecule has 0 spiro atoms. The van der Waals surface area contributed by atoms with Gasteiger partial charge < -0.3 is 14.4 Å². The van der Waals surface area contributed by atoms with Gasteiger partial charge in [0.1, 0.15) is 16.4 Å². The van der Waals surface area contributed by atoms with E-state index in [1.165, 1.54) is 24.1 Å². The molecule has 8 heteroatoms. The third kappa shape index (κ3) is 3.46. The second kappa shape index (κ2) is 7.38. The fraction of sp³-hybridized carbons (Fsp3) is 0.136. The maximum atomic E-state index is 13.0. The number of para-hydroxylation sites is 2. The number of rotatable bonds is 4. The average molecular weight is 424 g/mol. The van der Waals surface area contributed by atoms with Gasteiger partial charge in [0.05, 0.1) is 18.4 Å². The molecule has 0 radical (unpaired) electrons. The normalized spacial score (nSPS) is 13.0. The topological polar surface area (TPSA) is 84.9 Å². The Morgan fingerprint density at radius 1 is 1.00 bits per heavy atom. The van der Waals surface area contributed by atoms with Crippen LogP contribution in [-0.2, 0) is 10.0 Å². The second-order valence-electron chi connectivity index (χ2n) is 6.90. The van der Waals surface area contributed by atoms with Crippen LogP contribution in [0.5, 0.6) is 17.2 Å². The van der Waals surface area contributed by atoms with E-state index in [4.69, 9.17) is 9.47 Å². The quantitative estimate of drug-likeness (QED) is 0.679. The Balaban J connectivity index is 1.72. The van der Waals surface area contributed by atoms with Crippen molar-refractivity contribution >= 4 is 27.3 Å². The molecule has 1 amide bonds. The van der Waals surface area contributed by atoms with E-state index in [0.717, 1.165) is 5.56 Å². The molecule has 0 unspecified atom stereocenters. The highest BCUT2D eigenvalue weighted by atomic mass is 32.2. The number of hydrogen-bond donors (Lipinski definition) is 1. The average Bonchev–Trinajstić information content (AvgIpc) is 2.83. The number of hydrogen-bond acceptors (Lipinski definition) is 5. The molecule has 4 rings (SSSR count). The van der Waals surface area contributed by atoms with E-state index in [0.29, 0.717) is 17.2 Å². The minimum Gasteiger partial charge on any atom is -0.495 e. The maximum absolute atomic E-state index is 13.0. The third-order valence-corrected chi connectivity index (χ3v) is 6.22. The molecule has 0 fully saturated rings. The molecule has 30 heavy (non-hydrogen) atoms. The van der Waals surface area contributed by atoms with E-state index in [2.05, 4.69) is 4.72 Å². The number of sulfonamides is 1. The molecular weight excluding hydrogens is 404 g/mol. The number of benzene rings is 3. The van der Waals surface area contributed by atoms with Crippen molar-refractivity contribution in [2.45, 2.75) is 11.8 Å². The Morgan fingerprint density at radius 2 is 1.77 bits per heavy atom. The van der Waals surface area contributed by atoms with Gasteiger partial charge >= 0.3 is 0 Å². The number of nitrogens with zero attached hydrogens (tertiary/aromatic N) is 1. The van der Waals surface area contributed by atoms with E-state index in [9.17, 15) is 13.2 Å². The van der Waals surface area contributed by atoms with Crippen LogP contribution in [0.4, 0.5) is 11.4 Å². The van der Waals surface area contributed by atoms with Gasteiger partial charge in [-0.05, 0) is 55.0 Å². The van der Waals surface area contributed by atoms with Crippen molar-refractivity contribution in [3.63, 3.8) is 0 Å². The summed E-state index contributed by atoms with van der Waals surface area (Å²) in [6.07, 6.45) is 0. The first-order valence-corrected chi connectivity index (χ1v) is 10.6. The zero-order valence-electron chi connectivity index (χ0n) is 16.7. The van der Waals surface area contributed by atoms with Gasteiger partial charge in [-0.3, -0.25) is 9.52 Å². The first kappa shape index (κ1) is 19.8. The summed E-state index contributed by atoms with van der Waals surface area (Å²) in [5.41, 5.74) is 1.91. The van der Waals surface area contributed by atoms with E-state index < -0.39 is 10.0 Å². The summed E-state index contributed by atoms with van der Waals surface area (Å²) in [6.45, 7) is 1.80. The summed E-state index contributed by atoms with van der Waals surface area (Å²) in [5.74, 6) is 0.833. The Hall–Kier alpha value is -3.52. The summed E-state index contributed by atoms with van der Waals surface area (Å²) >= 11 is 0. The maximum Gasteiger partial charge on any atom is 0.265 e. The molecule has 0 saturated carbocycles. The first-order valence-electron chi connectivity index (χ1n) is 9.16. The Bertz CT molecular complexity index is 1250. The van der Waals surface area contributed by atoms with Crippen LogP contribution in [0.15, 0.2) is 65.6 Å². The van der Waals surface area contributed by atoms with Gasteiger partial charge in [-0.25, -0.2) is 8.42 Å². The van der Waals surface area contributed by atoms with Crippen molar-refractivity contribution in [3.05, 3.63) is 71.8 Å². The van der Waals surface area contributed by atoms with Crippen LogP contribution in [0.3, 0.4) is 0 Å². The molecule has 7 nitrogen and oxygen atoms in total. The van der Waals surface area contributed by atoms with Gasteiger partial charge in [-0.15, -0.1) is 0 Å². The number of carbonyl (C=O) groups is 1. The number of ether oxygens (including phenoxy) is 2. The number of carbonyl (C=O) groups excluding carboxylic acids is 1. The van der Waals surface area contributed by atoms with Gasteiger partial charge in [0.15, 0.2) is 5.75 Å². The van der Waals surface area contributed by atoms with Crippen LogP contribution in [0.25, 0.3) is 0 Å². The van der Waals surface area contributed by atoms with Crippen molar-refractivity contribution in [2.24, 2.45) is 0 Å². The van der Waals surface area contributed by atoms with Gasteiger partial charge in [-0.2, -0.15) is 0 Å². The highest BCUT2D eigenvalue weighted by Crippen LogP contribution is 2.39. The monoisotopic (exact) mass is 424 g/mol. The molecule has 0 bridgehead atoms. The van der Waals surface area contributed by atoms with Crippen LogP contribution >= 0.6 is 0 Å². The molecule has 0 atom stereocenters. The summed E-state index contributed by atoms with van der Waals surface area (Å²) < 4.78 is 39.6. The van der Waals surface area contributed by atoms with Crippen molar-refractivity contribution in [1.29, 1.82) is 0 Å². The largest absolute Gasteiger partial charge is 0.495 e. The zero-order chi connectivity index (χ0) is 21.5. The lowest BCUT2D eigenvalue weighted by Gasteiger charge is -2.16. The Labute approximate surface area is 174 Å². The van der Waals surface area contributed by atoms with Gasteiger partial charge in [0.25, 0.3) is 15.9 Å². The predicted octanol–water partition coefficient (Wildman–Crippen LogP) is 4.19. The van der Waals surface area contributed by atoms with Gasteiger partial charge in [0.2, 0.25) is 0 Å². The van der Waals surface area contributed by atoms with Crippen LogP contribution in [0, 0.1) is 6.92 Å². The minimum atomic E-state index is -3.94. The van der Waals surface area contributed by atoms with Crippen molar-refractivity contribution in [2.75, 3.05) is 23.8 Å². The second-order valence-corrected chi connectivity index (χ2v) is 8.56. The summed E-state index contributed by atoms with van der Waals surface area (Å²) in [5, 5.41) is 0. The SMILES string of the molecule is COc1ccc(C)cc1S(=O)(=O)Nc1ccc2c(c1)C(=O)N(C)c1ccccc1O2. The summed E-state index contributed by atoms with van der Waals surface area (Å²) in [6, 6.07) is 16.7. The van der Waals surface area contributed by atoms with Crippen LogP contribution in [-0.4, -0.2) is 28.5 Å². The minimum absolute atomic E-state index is 0.0204. The number of anilines is 2. The molecule has 3 aromatic carbocycles. The molecule has 1 aliphatic rings. The van der Waals surface area contributed by atoms with E-state index in [1.54, 1.807) is 50.4 Å². The van der Waals surface area contributed by atoms with Crippen molar-refractivity contribution < 1.29 is 22.7 Å². The molecule has 154 valence electrons. The highest BCUT2D eigenvalue weighted by Gasteiger charge is 2.27. The Kier molecular flexibility index (Phi) is 4.87. The molecule has 1 heterocycles. The third-order valence-electron chi connectivity index (χ3n) is 4.82. The summed E-state index contributed by atoms with van der Waals surface area (Å²) in [7, 11) is -0.880. The lowest BCUT2D eigenvalue weighted by Crippen LogP contribution is -2.25. The van der Waals surface area contributed by atoms with Gasteiger partial charge in [-0.1, -0.05) is 18.2 Å². The van der Waals surface area contributed by atoms with Crippen LogP contribution < -0.4 is 19.1 Å². The molecule has 1 aliphatic heterocycles. The molecule has 0 aromatic heterocycles. The fourth-order valence-corrected chi connectivity index (χ4v) is 4.59. The summed E-state index contributed by atoms with van der Waals surface area (Å²) in [4.78, 5) is 14.5. The smallest absolute Gasteiger partial charge is 0.265 e. The molecule has 1 N–H and O–H groups in total. The fourth-order valence-electron chi connectivity index (χ4n) is 3.28. The lowest BCUT2D eigenvalue weighted by atomic mass is 10.1. The van der Waals surface area contributed by atoms with E-state index in [-0.39, 0.29) is 27.8 Å². The number of amides is 1. The molecule has 0 saturated heterocycles. The zero-order valence-corrected chi connectivity index (χ0v) is 17.5. The standard InChI is InChI=1S/C22H20N2O5S/c1-14-8-10-20(28-3)21(12-14)30(26,27)23-15-9-11-18-16(13-15)22(25)24(2)17-6-4-5-7-19(17)29-18/h4-13,23H,1-3H3. The van der Waals surface area contributed by atoms with Gasteiger partial charge in [0, 0.05) is 12.7 Å². The number of nitrogens with one attached hydrogen (secondary N) is 1. The van der Waals surface area contributed by atoms with Crippen LogP contribution in [0.2, 0.25) is 0 Å². The molecular formula is C22H20N2O5S. The molecule has 3 aromatic rings. The van der Waals surface area contributed by atoms with Crippen molar-refractivity contribution in [3.8, 4) is 17.2 Å². The number of methoxy groups -OCH3 is 1. The van der Waals surface area contributed by atoms with Crippen molar-refractivity contribution in [1.82, 2.24) is 0 Å². The Morgan fingerprint density at radius 3 is 2.53 bits per heavy atom. The number of aryl methyl sites for hydroxylation is 1. The molecule has 0 aliphatic carbocycles. The predicted molar refractivity (Wildman–Crippen MR) is 114 cm³/mol.